The van der Waals surface area contributed by atoms with E-state index < -0.39 is 6.04 Å². The van der Waals surface area contributed by atoms with E-state index in [4.69, 9.17) is 5.73 Å². The third kappa shape index (κ3) is 3.87. The van der Waals surface area contributed by atoms with Crippen molar-refractivity contribution in [2.45, 2.75) is 12.5 Å². The predicted octanol–water partition coefficient (Wildman–Crippen LogP) is 3.20. The highest BCUT2D eigenvalue weighted by Crippen LogP contribution is 2.28. The molecule has 0 aliphatic carbocycles. The highest BCUT2D eigenvalue weighted by Gasteiger charge is 2.15. The number of anilines is 1. The van der Waals surface area contributed by atoms with Crippen LogP contribution >= 0.6 is 0 Å². The second-order valence-electron chi connectivity index (χ2n) is 6.42. The molecule has 4 rings (SSSR count). The lowest BCUT2D eigenvalue weighted by molar-refractivity contribution is -0.117. The molecule has 2 heterocycles. The molecule has 4 aromatic rings. The third-order valence-corrected chi connectivity index (χ3v) is 4.47. The normalized spacial score (nSPS) is 11.9. The predicted molar refractivity (Wildman–Crippen MR) is 110 cm³/mol. The van der Waals surface area contributed by atoms with Gasteiger partial charge in [-0.15, -0.1) is 0 Å². The number of nitrogens with zero attached hydrogens (tertiary/aromatic N) is 3. The van der Waals surface area contributed by atoms with Gasteiger partial charge in [-0.2, -0.15) is 0 Å². The van der Waals surface area contributed by atoms with Crippen LogP contribution in [0.3, 0.4) is 0 Å². The van der Waals surface area contributed by atoms with Crippen molar-refractivity contribution in [3.05, 3.63) is 85.1 Å². The zero-order valence-electron chi connectivity index (χ0n) is 15.1. The summed E-state index contributed by atoms with van der Waals surface area (Å²) in [6, 6.07) is 18.7. The molecule has 1 atom stereocenters. The average Bonchev–Trinajstić information content (AvgIpc) is 2.74. The van der Waals surface area contributed by atoms with Gasteiger partial charge in [0.25, 0.3) is 0 Å². The van der Waals surface area contributed by atoms with Gasteiger partial charge in [-0.1, -0.05) is 30.3 Å². The minimum Gasteiger partial charge on any atom is -0.325 e. The van der Waals surface area contributed by atoms with Gasteiger partial charge < -0.3 is 11.1 Å². The van der Waals surface area contributed by atoms with Crippen LogP contribution in [0, 0.1) is 0 Å². The van der Waals surface area contributed by atoms with Gasteiger partial charge in [0.05, 0.1) is 11.6 Å². The molecule has 138 valence electrons. The molecular weight excluding hydrogens is 350 g/mol. The van der Waals surface area contributed by atoms with Crippen LogP contribution in [0.25, 0.3) is 22.0 Å². The Kier molecular flexibility index (Phi) is 5.03. The molecular formula is C22H19N5O. The van der Waals surface area contributed by atoms with Crippen molar-refractivity contribution in [3.63, 3.8) is 0 Å². The zero-order valence-corrected chi connectivity index (χ0v) is 15.1. The van der Waals surface area contributed by atoms with Crippen LogP contribution in [0.4, 0.5) is 5.69 Å². The lowest BCUT2D eigenvalue weighted by atomic mass is 10.0. The van der Waals surface area contributed by atoms with Gasteiger partial charge in [0, 0.05) is 36.1 Å². The molecule has 0 saturated carbocycles. The number of benzene rings is 2. The second-order valence-corrected chi connectivity index (χ2v) is 6.42. The summed E-state index contributed by atoms with van der Waals surface area (Å²) in [6.45, 7) is 0. The Morgan fingerprint density at radius 2 is 1.64 bits per heavy atom. The first-order chi connectivity index (χ1) is 13.7. The first kappa shape index (κ1) is 17.8. The maximum absolute atomic E-state index is 12.3. The Balaban J connectivity index is 1.48. The van der Waals surface area contributed by atoms with E-state index in [0.29, 0.717) is 11.5 Å². The van der Waals surface area contributed by atoms with Gasteiger partial charge >= 0.3 is 0 Å². The Morgan fingerprint density at radius 1 is 0.893 bits per heavy atom. The molecule has 1 unspecified atom stereocenters. The molecule has 0 bridgehead atoms. The minimum atomic E-state index is -0.716. The van der Waals surface area contributed by atoms with Crippen molar-refractivity contribution in [2.24, 2.45) is 5.73 Å². The molecule has 2 aromatic heterocycles. The minimum absolute atomic E-state index is 0.269. The van der Waals surface area contributed by atoms with E-state index in [1.807, 2.05) is 48.5 Å². The van der Waals surface area contributed by atoms with Gasteiger partial charge in [0.1, 0.15) is 5.82 Å². The van der Waals surface area contributed by atoms with Crippen LogP contribution in [0.2, 0.25) is 0 Å². The van der Waals surface area contributed by atoms with E-state index in [-0.39, 0.29) is 12.3 Å². The summed E-state index contributed by atoms with van der Waals surface area (Å²) in [6.07, 6.45) is 5.36. The zero-order chi connectivity index (χ0) is 19.3. The Bertz CT molecular complexity index is 1090. The van der Waals surface area contributed by atoms with Crippen molar-refractivity contribution >= 4 is 22.5 Å². The van der Waals surface area contributed by atoms with Crippen molar-refractivity contribution in [1.82, 2.24) is 15.0 Å². The number of para-hydroxylation sites is 1. The van der Waals surface area contributed by atoms with Crippen molar-refractivity contribution < 1.29 is 4.79 Å². The first-order valence-electron chi connectivity index (χ1n) is 8.97. The molecule has 6 nitrogen and oxygen atoms in total. The molecule has 6 heteroatoms. The third-order valence-electron chi connectivity index (χ3n) is 4.47. The van der Waals surface area contributed by atoms with E-state index in [9.17, 15) is 4.79 Å². The number of rotatable bonds is 5. The summed E-state index contributed by atoms with van der Waals surface area (Å²) in [4.78, 5) is 24.9. The van der Waals surface area contributed by atoms with Crippen LogP contribution in [0.1, 0.15) is 5.82 Å². The highest BCUT2D eigenvalue weighted by atomic mass is 16.2. The topological polar surface area (TPSA) is 93.8 Å². The fourth-order valence-electron chi connectivity index (χ4n) is 3.04. The Morgan fingerprint density at radius 3 is 2.43 bits per heavy atom. The van der Waals surface area contributed by atoms with Crippen LogP contribution in [0.5, 0.6) is 0 Å². The standard InChI is InChI=1S/C22H19N5O/c23-19(14-21-25-11-3-12-26-21)22(28)27-16-8-6-15(7-9-16)17-10-13-24-20-5-2-1-4-18(17)20/h1-13,19H,14,23H2,(H,27,28). The Labute approximate surface area is 162 Å². The lowest BCUT2D eigenvalue weighted by Crippen LogP contribution is -2.37. The van der Waals surface area contributed by atoms with E-state index >= 15 is 0 Å². The maximum atomic E-state index is 12.3. The summed E-state index contributed by atoms with van der Waals surface area (Å²) in [5.74, 6) is 0.277. The van der Waals surface area contributed by atoms with Gasteiger partial charge in [-0.25, -0.2) is 9.97 Å². The summed E-state index contributed by atoms with van der Waals surface area (Å²) in [5, 5.41) is 3.94. The molecule has 1 amide bonds. The lowest BCUT2D eigenvalue weighted by Gasteiger charge is -2.12. The molecule has 0 aliphatic heterocycles. The number of pyridine rings is 1. The summed E-state index contributed by atoms with van der Waals surface area (Å²) < 4.78 is 0. The monoisotopic (exact) mass is 369 g/mol. The van der Waals surface area contributed by atoms with Crippen LogP contribution in [-0.4, -0.2) is 26.9 Å². The molecule has 28 heavy (non-hydrogen) atoms. The molecule has 0 spiro atoms. The fraction of sp³-hybridized carbons (Fsp3) is 0.0909. The van der Waals surface area contributed by atoms with Gasteiger partial charge in [0.2, 0.25) is 5.91 Å². The van der Waals surface area contributed by atoms with Crippen molar-refractivity contribution in [2.75, 3.05) is 5.32 Å². The number of nitrogens with one attached hydrogen (secondary N) is 1. The average molecular weight is 369 g/mol. The molecule has 0 radical (unpaired) electrons. The summed E-state index contributed by atoms with van der Waals surface area (Å²) >= 11 is 0. The summed E-state index contributed by atoms with van der Waals surface area (Å²) in [5.41, 5.74) is 9.78. The second kappa shape index (κ2) is 7.94. The number of amides is 1. The number of nitrogens with two attached hydrogens (primary N) is 1. The van der Waals surface area contributed by atoms with Crippen LogP contribution < -0.4 is 11.1 Å². The summed E-state index contributed by atoms with van der Waals surface area (Å²) in [7, 11) is 0. The smallest absolute Gasteiger partial charge is 0.241 e. The van der Waals surface area contributed by atoms with Gasteiger partial charge in [0.15, 0.2) is 0 Å². The molecule has 0 aliphatic rings. The van der Waals surface area contributed by atoms with Crippen LogP contribution in [-0.2, 0) is 11.2 Å². The fourth-order valence-corrected chi connectivity index (χ4v) is 3.04. The van der Waals surface area contributed by atoms with E-state index in [1.165, 1.54) is 0 Å². The number of fused-ring (bicyclic) bond motifs is 1. The molecule has 0 fully saturated rings. The Hall–Kier alpha value is -3.64. The molecule has 0 saturated heterocycles. The molecule has 2 aromatic carbocycles. The maximum Gasteiger partial charge on any atom is 0.241 e. The number of carbonyl (C=O) groups is 1. The van der Waals surface area contributed by atoms with Gasteiger partial charge in [-0.05, 0) is 41.5 Å². The molecule has 3 N–H and O–H groups in total. The van der Waals surface area contributed by atoms with Gasteiger partial charge in [-0.3, -0.25) is 9.78 Å². The quantitative estimate of drug-likeness (QED) is 0.563. The van der Waals surface area contributed by atoms with Crippen LogP contribution in [0.15, 0.2) is 79.3 Å². The number of hydrogen-bond donors (Lipinski definition) is 2. The number of aromatic nitrogens is 3. The first-order valence-corrected chi connectivity index (χ1v) is 8.97. The van der Waals surface area contributed by atoms with E-state index in [1.54, 1.807) is 24.7 Å². The van der Waals surface area contributed by atoms with Crippen molar-refractivity contribution in [1.29, 1.82) is 0 Å². The van der Waals surface area contributed by atoms with Crippen molar-refractivity contribution in [3.8, 4) is 11.1 Å². The van der Waals surface area contributed by atoms with E-state index in [0.717, 1.165) is 22.0 Å². The SMILES string of the molecule is NC(Cc1ncccn1)C(=O)Nc1ccc(-c2ccnc3ccccc23)cc1. The van der Waals surface area contributed by atoms with E-state index in [2.05, 4.69) is 26.3 Å². The number of hydrogen-bond acceptors (Lipinski definition) is 5. The largest absolute Gasteiger partial charge is 0.325 e. The highest BCUT2D eigenvalue weighted by molar-refractivity contribution is 5.96. The number of carbonyl (C=O) groups excluding carboxylic acids is 1.